The Morgan fingerprint density at radius 1 is 1.03 bits per heavy atom. The molecule has 0 radical (unpaired) electrons. The summed E-state index contributed by atoms with van der Waals surface area (Å²) in [6.07, 6.45) is 7.16. The summed E-state index contributed by atoms with van der Waals surface area (Å²) in [5.74, 6) is -0.438. The fraction of sp³-hybridized carbons (Fsp3) is 0.440. The molecule has 0 spiro atoms. The minimum absolute atomic E-state index is 0.0321. The van der Waals surface area contributed by atoms with Gasteiger partial charge in [0.25, 0.3) is 15.9 Å². The molecule has 10 nitrogen and oxygen atoms in total. The van der Waals surface area contributed by atoms with Crippen LogP contribution in [-0.2, 0) is 26.0 Å². The standard InChI is InChI=1S/C25H31N3O7S/c1-2-34-25(31)35-23-13-10-20(17-27-23)24(30)28-36(32,33)21-11-8-18(9-12-21)14-15-26-22(29)16-19-6-4-3-5-7-19/h8-13,17,19H,2-7,14-16H2,1H3,(H,26,29)(H,28,30). The van der Waals surface area contributed by atoms with Crippen LogP contribution < -0.4 is 14.8 Å². The van der Waals surface area contributed by atoms with Crippen molar-refractivity contribution in [2.45, 2.75) is 56.8 Å². The molecular weight excluding hydrogens is 486 g/mol. The Morgan fingerprint density at radius 2 is 1.75 bits per heavy atom. The molecule has 1 heterocycles. The summed E-state index contributed by atoms with van der Waals surface area (Å²) < 4.78 is 36.6. The SMILES string of the molecule is CCOC(=O)Oc1ccc(C(=O)NS(=O)(=O)c2ccc(CCNC(=O)CC3CCCCC3)cc2)cn1. The van der Waals surface area contributed by atoms with Gasteiger partial charge in [-0.25, -0.2) is 22.9 Å². The van der Waals surface area contributed by atoms with Crippen LogP contribution in [0.25, 0.3) is 0 Å². The van der Waals surface area contributed by atoms with E-state index in [1.54, 1.807) is 19.1 Å². The second-order valence-corrected chi connectivity index (χ2v) is 10.2. The maximum atomic E-state index is 12.6. The van der Waals surface area contributed by atoms with E-state index in [4.69, 9.17) is 4.74 Å². The van der Waals surface area contributed by atoms with Crippen LogP contribution in [0.2, 0.25) is 0 Å². The van der Waals surface area contributed by atoms with Crippen LogP contribution in [0.5, 0.6) is 5.88 Å². The van der Waals surface area contributed by atoms with Gasteiger partial charge in [-0.2, -0.15) is 0 Å². The summed E-state index contributed by atoms with van der Waals surface area (Å²) in [6.45, 7) is 2.22. The van der Waals surface area contributed by atoms with Gasteiger partial charge in [0.2, 0.25) is 11.8 Å². The zero-order chi connectivity index (χ0) is 26.0. The molecule has 1 aromatic carbocycles. The molecule has 36 heavy (non-hydrogen) atoms. The number of hydrogen-bond acceptors (Lipinski definition) is 8. The number of nitrogens with zero attached hydrogens (tertiary/aromatic N) is 1. The molecule has 0 unspecified atom stereocenters. The number of sulfonamides is 1. The molecule has 2 aromatic rings. The van der Waals surface area contributed by atoms with Crippen LogP contribution in [0, 0.1) is 5.92 Å². The predicted molar refractivity (Wildman–Crippen MR) is 131 cm³/mol. The number of carbonyl (C=O) groups is 3. The largest absolute Gasteiger partial charge is 0.515 e. The van der Waals surface area contributed by atoms with E-state index in [2.05, 4.69) is 15.0 Å². The van der Waals surface area contributed by atoms with Gasteiger partial charge in [0.15, 0.2) is 0 Å². The second-order valence-electron chi connectivity index (χ2n) is 8.56. The number of ether oxygens (including phenoxy) is 2. The average Bonchev–Trinajstić information content (AvgIpc) is 2.85. The Kier molecular flexibility index (Phi) is 9.80. The molecule has 2 N–H and O–H groups in total. The van der Waals surface area contributed by atoms with Gasteiger partial charge < -0.3 is 14.8 Å². The summed E-state index contributed by atoms with van der Waals surface area (Å²) in [7, 11) is -4.11. The molecule has 1 aliphatic rings. The summed E-state index contributed by atoms with van der Waals surface area (Å²) in [4.78, 5) is 39.5. The Morgan fingerprint density at radius 3 is 2.39 bits per heavy atom. The van der Waals surface area contributed by atoms with Crippen molar-refractivity contribution in [3.63, 3.8) is 0 Å². The lowest BCUT2D eigenvalue weighted by atomic mass is 9.87. The zero-order valence-electron chi connectivity index (χ0n) is 20.2. The van der Waals surface area contributed by atoms with Gasteiger partial charge in [-0.15, -0.1) is 0 Å². The summed E-state index contributed by atoms with van der Waals surface area (Å²) in [5.41, 5.74) is 0.829. The molecule has 1 aromatic heterocycles. The van der Waals surface area contributed by atoms with Crippen molar-refractivity contribution in [2.24, 2.45) is 5.92 Å². The van der Waals surface area contributed by atoms with E-state index >= 15 is 0 Å². The number of rotatable bonds is 10. The molecule has 194 valence electrons. The molecule has 0 saturated heterocycles. The van der Waals surface area contributed by atoms with E-state index in [-0.39, 0.29) is 28.9 Å². The number of nitrogens with one attached hydrogen (secondary N) is 2. The van der Waals surface area contributed by atoms with Gasteiger partial charge >= 0.3 is 6.16 Å². The predicted octanol–water partition coefficient (Wildman–Crippen LogP) is 3.36. The van der Waals surface area contributed by atoms with E-state index in [1.807, 2.05) is 4.72 Å². The Hall–Kier alpha value is -3.47. The van der Waals surface area contributed by atoms with Crippen molar-refractivity contribution >= 4 is 28.0 Å². The average molecular weight is 518 g/mol. The van der Waals surface area contributed by atoms with E-state index in [0.29, 0.717) is 25.3 Å². The molecule has 11 heteroatoms. The lowest BCUT2D eigenvalue weighted by molar-refractivity contribution is -0.122. The molecule has 0 atom stereocenters. The van der Waals surface area contributed by atoms with E-state index in [0.717, 1.165) is 24.6 Å². The highest BCUT2D eigenvalue weighted by atomic mass is 32.2. The van der Waals surface area contributed by atoms with Crippen molar-refractivity contribution in [1.82, 2.24) is 15.0 Å². The second kappa shape index (κ2) is 13.0. The smallest absolute Gasteiger partial charge is 0.434 e. The third kappa shape index (κ3) is 8.33. The highest BCUT2D eigenvalue weighted by Crippen LogP contribution is 2.26. The van der Waals surface area contributed by atoms with Gasteiger partial charge in [0.1, 0.15) is 0 Å². The van der Waals surface area contributed by atoms with Gasteiger partial charge in [0.05, 0.1) is 17.1 Å². The van der Waals surface area contributed by atoms with Crippen LogP contribution in [0.4, 0.5) is 4.79 Å². The number of hydrogen-bond donors (Lipinski definition) is 2. The summed E-state index contributed by atoms with van der Waals surface area (Å²) in [5, 5.41) is 2.93. The first-order valence-corrected chi connectivity index (χ1v) is 13.5. The van der Waals surface area contributed by atoms with Crippen LogP contribution in [0.3, 0.4) is 0 Å². The van der Waals surface area contributed by atoms with Crippen LogP contribution in [0.15, 0.2) is 47.5 Å². The quantitative estimate of drug-likeness (QED) is 0.457. The molecule has 0 aliphatic heterocycles. The number of amides is 2. The van der Waals surface area contributed by atoms with Crippen molar-refractivity contribution in [3.05, 3.63) is 53.7 Å². The van der Waals surface area contributed by atoms with Gasteiger partial charge in [-0.1, -0.05) is 31.4 Å². The van der Waals surface area contributed by atoms with Gasteiger partial charge in [0, 0.05) is 25.2 Å². The monoisotopic (exact) mass is 517 g/mol. The van der Waals surface area contributed by atoms with E-state index < -0.39 is 22.1 Å². The zero-order valence-corrected chi connectivity index (χ0v) is 21.0. The maximum Gasteiger partial charge on any atom is 0.515 e. The first-order valence-electron chi connectivity index (χ1n) is 12.0. The molecule has 3 rings (SSSR count). The lowest BCUT2D eigenvalue weighted by Gasteiger charge is -2.20. The Balaban J connectivity index is 1.48. The molecule has 0 bridgehead atoms. The number of aromatic nitrogens is 1. The first-order chi connectivity index (χ1) is 17.3. The minimum Gasteiger partial charge on any atom is -0.434 e. The maximum absolute atomic E-state index is 12.6. The van der Waals surface area contributed by atoms with Crippen molar-refractivity contribution in [2.75, 3.05) is 13.2 Å². The minimum atomic E-state index is -4.11. The van der Waals surface area contributed by atoms with Crippen LogP contribution in [0.1, 0.15) is 61.4 Å². The van der Waals surface area contributed by atoms with Gasteiger partial charge in [-0.3, -0.25) is 9.59 Å². The third-order valence-electron chi connectivity index (χ3n) is 5.84. The molecule has 1 fully saturated rings. The van der Waals surface area contributed by atoms with E-state index in [9.17, 15) is 22.8 Å². The fourth-order valence-electron chi connectivity index (χ4n) is 3.95. The summed E-state index contributed by atoms with van der Waals surface area (Å²) >= 11 is 0. The summed E-state index contributed by atoms with van der Waals surface area (Å²) in [6, 6.07) is 8.64. The Bertz CT molecular complexity index is 1140. The van der Waals surface area contributed by atoms with E-state index in [1.165, 1.54) is 43.5 Å². The van der Waals surface area contributed by atoms with Crippen LogP contribution in [-0.4, -0.2) is 44.5 Å². The molecule has 1 saturated carbocycles. The van der Waals surface area contributed by atoms with Gasteiger partial charge in [-0.05, 0) is 55.9 Å². The van der Waals surface area contributed by atoms with Crippen molar-refractivity contribution < 1.29 is 32.3 Å². The molecular formula is C25H31N3O7S. The number of carbonyl (C=O) groups excluding carboxylic acids is 3. The van der Waals surface area contributed by atoms with Crippen molar-refractivity contribution in [3.8, 4) is 5.88 Å². The third-order valence-corrected chi connectivity index (χ3v) is 7.19. The molecule has 2 amide bonds. The Labute approximate surface area is 210 Å². The number of benzene rings is 1. The van der Waals surface area contributed by atoms with Crippen LogP contribution >= 0.6 is 0 Å². The normalized spacial score (nSPS) is 14.0. The highest BCUT2D eigenvalue weighted by Gasteiger charge is 2.20. The highest BCUT2D eigenvalue weighted by molar-refractivity contribution is 7.90. The fourth-order valence-corrected chi connectivity index (χ4v) is 4.93. The topological polar surface area (TPSA) is 141 Å². The first kappa shape index (κ1) is 27.1. The number of pyridine rings is 1. The van der Waals surface area contributed by atoms with Crippen molar-refractivity contribution in [1.29, 1.82) is 0 Å². The lowest BCUT2D eigenvalue weighted by Crippen LogP contribution is -2.30. The molecule has 1 aliphatic carbocycles.